The van der Waals surface area contributed by atoms with Crippen LogP contribution in [0.15, 0.2) is 78.8 Å². The molecule has 0 spiro atoms. The fourth-order valence-corrected chi connectivity index (χ4v) is 4.11. The summed E-state index contributed by atoms with van der Waals surface area (Å²) in [5.41, 5.74) is 1.19. The summed E-state index contributed by atoms with van der Waals surface area (Å²) < 4.78 is 14.5. The number of benzene rings is 2. The van der Waals surface area contributed by atoms with Crippen LogP contribution in [0.1, 0.15) is 5.56 Å². The molecule has 3 aromatic rings. The maximum Gasteiger partial charge on any atom is 0.282 e. The van der Waals surface area contributed by atoms with Crippen molar-refractivity contribution in [1.82, 2.24) is 14.9 Å². The van der Waals surface area contributed by atoms with E-state index in [4.69, 9.17) is 0 Å². The normalized spacial score (nSPS) is 16.8. The van der Waals surface area contributed by atoms with Crippen LogP contribution in [-0.2, 0) is 9.59 Å². The van der Waals surface area contributed by atoms with Crippen LogP contribution in [-0.4, -0.2) is 52.9 Å². The summed E-state index contributed by atoms with van der Waals surface area (Å²) in [5, 5.41) is 0. The van der Waals surface area contributed by atoms with Gasteiger partial charge in [0.05, 0.1) is 11.3 Å². The topological polar surface area (TPSA) is 69.6 Å². The Morgan fingerprint density at radius 1 is 0.719 bits per heavy atom. The molecule has 1 saturated heterocycles. The number of anilines is 2. The molecular weight excluding hydrogens is 409 g/mol. The first-order valence-corrected chi connectivity index (χ1v) is 10.3. The number of hydrogen-bond acceptors (Lipinski definition) is 6. The van der Waals surface area contributed by atoms with Gasteiger partial charge in [-0.1, -0.05) is 42.5 Å². The minimum Gasteiger partial charge on any atom is -0.363 e. The van der Waals surface area contributed by atoms with E-state index in [9.17, 15) is 14.0 Å². The minimum atomic E-state index is -0.617. The third kappa shape index (κ3) is 3.39. The molecule has 0 unspecified atom stereocenters. The van der Waals surface area contributed by atoms with E-state index >= 15 is 0 Å². The molecule has 3 heterocycles. The zero-order chi connectivity index (χ0) is 22.1. The van der Waals surface area contributed by atoms with Crippen molar-refractivity contribution in [3.8, 4) is 0 Å². The van der Waals surface area contributed by atoms with Crippen molar-refractivity contribution in [3.63, 3.8) is 0 Å². The summed E-state index contributed by atoms with van der Waals surface area (Å²) in [6.45, 7) is 2.20. The third-order valence-electron chi connectivity index (χ3n) is 5.65. The Hall–Kier alpha value is -4.07. The van der Waals surface area contributed by atoms with Crippen LogP contribution in [0.5, 0.6) is 0 Å². The molecule has 2 amide bonds. The molecule has 5 rings (SSSR count). The van der Waals surface area contributed by atoms with Gasteiger partial charge >= 0.3 is 0 Å². The van der Waals surface area contributed by atoms with Crippen molar-refractivity contribution >= 4 is 29.0 Å². The van der Waals surface area contributed by atoms with E-state index in [1.165, 1.54) is 18.2 Å². The number of imide groups is 1. The Bertz CT molecular complexity index is 1190. The van der Waals surface area contributed by atoms with E-state index in [2.05, 4.69) is 9.97 Å². The standard InChI is InChI=1S/C24H20FN5O2/c25-18-9-4-5-10-19(18)30-22(31)20(17-7-2-1-3-8-17)21(23(30)32)28-13-15-29(16-14-28)24-26-11-6-12-27-24/h1-12H,13-16H2. The van der Waals surface area contributed by atoms with Crippen molar-refractivity contribution in [2.24, 2.45) is 0 Å². The number of halogens is 1. The van der Waals surface area contributed by atoms with Gasteiger partial charge in [-0.3, -0.25) is 9.59 Å². The van der Waals surface area contributed by atoms with Crippen LogP contribution in [0, 0.1) is 5.82 Å². The lowest BCUT2D eigenvalue weighted by molar-refractivity contribution is -0.120. The predicted octanol–water partition coefficient (Wildman–Crippen LogP) is 2.72. The van der Waals surface area contributed by atoms with E-state index < -0.39 is 17.6 Å². The van der Waals surface area contributed by atoms with Gasteiger partial charge in [-0.05, 0) is 23.8 Å². The summed E-state index contributed by atoms with van der Waals surface area (Å²) in [7, 11) is 0. The first kappa shape index (κ1) is 19.9. The van der Waals surface area contributed by atoms with Crippen molar-refractivity contribution < 1.29 is 14.0 Å². The summed E-state index contributed by atoms with van der Waals surface area (Å²) in [6.07, 6.45) is 3.38. The van der Waals surface area contributed by atoms with Crippen LogP contribution in [0.25, 0.3) is 5.57 Å². The molecule has 0 aliphatic carbocycles. The molecule has 0 saturated carbocycles. The predicted molar refractivity (Wildman–Crippen MR) is 118 cm³/mol. The zero-order valence-corrected chi connectivity index (χ0v) is 17.2. The van der Waals surface area contributed by atoms with E-state index in [0.29, 0.717) is 49.0 Å². The lowest BCUT2D eigenvalue weighted by atomic mass is 10.0. The van der Waals surface area contributed by atoms with Gasteiger partial charge in [0.1, 0.15) is 11.5 Å². The van der Waals surface area contributed by atoms with E-state index in [1.807, 2.05) is 28.0 Å². The molecule has 0 atom stereocenters. The number of amides is 2. The van der Waals surface area contributed by atoms with Crippen molar-refractivity contribution in [2.45, 2.75) is 0 Å². The monoisotopic (exact) mass is 429 g/mol. The van der Waals surface area contributed by atoms with Gasteiger partial charge in [0.15, 0.2) is 0 Å². The van der Waals surface area contributed by atoms with E-state index in [0.717, 1.165) is 4.90 Å². The summed E-state index contributed by atoms with van der Waals surface area (Å²) >= 11 is 0. The van der Waals surface area contributed by atoms with Crippen molar-refractivity contribution in [1.29, 1.82) is 0 Å². The number of nitrogens with zero attached hydrogens (tertiary/aromatic N) is 5. The second-order valence-corrected chi connectivity index (χ2v) is 7.51. The smallest absolute Gasteiger partial charge is 0.282 e. The van der Waals surface area contributed by atoms with E-state index in [1.54, 1.807) is 36.7 Å². The third-order valence-corrected chi connectivity index (χ3v) is 5.65. The Labute approximate surface area is 184 Å². The number of carbonyl (C=O) groups is 2. The Balaban J connectivity index is 1.50. The molecule has 7 nitrogen and oxygen atoms in total. The molecule has 32 heavy (non-hydrogen) atoms. The zero-order valence-electron chi connectivity index (χ0n) is 17.2. The number of piperazine rings is 1. The maximum absolute atomic E-state index is 14.5. The molecule has 8 heteroatoms. The minimum absolute atomic E-state index is 0.0396. The fourth-order valence-electron chi connectivity index (χ4n) is 4.11. The van der Waals surface area contributed by atoms with Gasteiger partial charge in [0.25, 0.3) is 11.8 Å². The molecule has 2 aliphatic heterocycles. The maximum atomic E-state index is 14.5. The highest BCUT2D eigenvalue weighted by molar-refractivity contribution is 6.45. The largest absolute Gasteiger partial charge is 0.363 e. The number of para-hydroxylation sites is 1. The van der Waals surface area contributed by atoms with Gasteiger partial charge in [-0.2, -0.15) is 0 Å². The summed E-state index contributed by atoms with van der Waals surface area (Å²) in [6, 6.07) is 16.6. The van der Waals surface area contributed by atoms with Gasteiger partial charge in [0.2, 0.25) is 5.95 Å². The molecule has 0 bridgehead atoms. The summed E-state index contributed by atoms with van der Waals surface area (Å²) in [4.78, 5) is 40.4. The molecule has 0 radical (unpaired) electrons. The average Bonchev–Trinajstić information content (AvgIpc) is 3.10. The highest BCUT2D eigenvalue weighted by Gasteiger charge is 2.43. The number of hydrogen-bond donors (Lipinski definition) is 0. The summed E-state index contributed by atoms with van der Waals surface area (Å²) in [5.74, 6) is -1.02. The molecule has 1 aromatic heterocycles. The highest BCUT2D eigenvalue weighted by atomic mass is 19.1. The van der Waals surface area contributed by atoms with Gasteiger partial charge in [0, 0.05) is 38.6 Å². The van der Waals surface area contributed by atoms with Gasteiger partial charge in [-0.15, -0.1) is 0 Å². The molecule has 2 aliphatic rings. The Morgan fingerprint density at radius 3 is 2.03 bits per heavy atom. The lowest BCUT2D eigenvalue weighted by Crippen LogP contribution is -2.48. The molecular formula is C24H20FN5O2. The molecule has 0 N–H and O–H groups in total. The second kappa shape index (κ2) is 8.22. The number of aromatic nitrogens is 2. The quantitative estimate of drug-likeness (QED) is 0.594. The SMILES string of the molecule is O=C1C(c2ccccc2)=C(N2CCN(c3ncccn3)CC2)C(=O)N1c1ccccc1F. The van der Waals surface area contributed by atoms with Gasteiger partial charge in [-0.25, -0.2) is 19.3 Å². The highest BCUT2D eigenvalue weighted by Crippen LogP contribution is 2.36. The first-order chi connectivity index (χ1) is 15.6. The van der Waals surface area contributed by atoms with Crippen LogP contribution >= 0.6 is 0 Å². The van der Waals surface area contributed by atoms with Crippen molar-refractivity contribution in [3.05, 3.63) is 90.1 Å². The molecule has 160 valence electrons. The number of rotatable bonds is 4. The average molecular weight is 429 g/mol. The van der Waals surface area contributed by atoms with Gasteiger partial charge < -0.3 is 9.80 Å². The van der Waals surface area contributed by atoms with Crippen molar-refractivity contribution in [2.75, 3.05) is 36.0 Å². The Kier molecular flexibility index (Phi) is 5.10. The molecule has 2 aromatic carbocycles. The van der Waals surface area contributed by atoms with Crippen LogP contribution in [0.3, 0.4) is 0 Å². The Morgan fingerprint density at radius 2 is 1.34 bits per heavy atom. The lowest BCUT2D eigenvalue weighted by Gasteiger charge is -2.36. The van der Waals surface area contributed by atoms with Crippen LogP contribution in [0.4, 0.5) is 16.0 Å². The second-order valence-electron chi connectivity index (χ2n) is 7.51. The van der Waals surface area contributed by atoms with E-state index in [-0.39, 0.29) is 5.69 Å². The number of carbonyl (C=O) groups excluding carboxylic acids is 2. The molecule has 1 fully saturated rings. The van der Waals surface area contributed by atoms with Crippen LogP contribution in [0.2, 0.25) is 0 Å². The first-order valence-electron chi connectivity index (χ1n) is 10.3. The fraction of sp³-hybridized carbons (Fsp3) is 0.167. The van der Waals surface area contributed by atoms with Crippen LogP contribution < -0.4 is 9.80 Å².